The molecule has 0 saturated heterocycles. The summed E-state index contributed by atoms with van der Waals surface area (Å²) in [7, 11) is 0. The standard InChI is InChI=1S/C15H19ClN2O2S/c1-3-6-20-14-12(16)8-11(9-13(14)19-4-2)10-18-15-17-5-7-21-15/h5,7-9H,3-4,6,10H2,1-2H3,(H,17,18). The number of nitrogens with one attached hydrogen (secondary N) is 1. The van der Waals surface area contributed by atoms with E-state index in [-0.39, 0.29) is 0 Å². The monoisotopic (exact) mass is 326 g/mol. The minimum Gasteiger partial charge on any atom is -0.490 e. The zero-order valence-corrected chi connectivity index (χ0v) is 13.8. The number of hydrogen-bond donors (Lipinski definition) is 1. The minimum absolute atomic E-state index is 0.572. The van der Waals surface area contributed by atoms with Crippen LogP contribution in [-0.4, -0.2) is 18.2 Å². The molecule has 114 valence electrons. The molecule has 6 heteroatoms. The van der Waals surface area contributed by atoms with Crippen LogP contribution >= 0.6 is 22.9 Å². The van der Waals surface area contributed by atoms with E-state index in [2.05, 4.69) is 17.2 Å². The van der Waals surface area contributed by atoms with E-state index >= 15 is 0 Å². The lowest BCUT2D eigenvalue weighted by molar-refractivity contribution is 0.277. The molecule has 1 heterocycles. The third-order valence-corrected chi connectivity index (χ3v) is 3.71. The molecule has 0 bridgehead atoms. The van der Waals surface area contributed by atoms with Gasteiger partial charge in [0.05, 0.1) is 18.2 Å². The summed E-state index contributed by atoms with van der Waals surface area (Å²) in [5.41, 5.74) is 1.03. The number of halogens is 1. The van der Waals surface area contributed by atoms with Crippen LogP contribution < -0.4 is 14.8 Å². The van der Waals surface area contributed by atoms with Crippen LogP contribution in [0, 0.1) is 0 Å². The van der Waals surface area contributed by atoms with E-state index in [0.29, 0.717) is 36.3 Å². The summed E-state index contributed by atoms with van der Waals surface area (Å²) in [4.78, 5) is 4.19. The Labute approximate surface area is 134 Å². The van der Waals surface area contributed by atoms with Crippen LogP contribution in [0.1, 0.15) is 25.8 Å². The van der Waals surface area contributed by atoms with Gasteiger partial charge >= 0.3 is 0 Å². The van der Waals surface area contributed by atoms with Gasteiger partial charge in [-0.3, -0.25) is 0 Å². The van der Waals surface area contributed by atoms with E-state index in [1.165, 1.54) is 0 Å². The molecule has 0 fully saturated rings. The van der Waals surface area contributed by atoms with E-state index in [4.69, 9.17) is 21.1 Å². The van der Waals surface area contributed by atoms with Crippen LogP contribution in [0.3, 0.4) is 0 Å². The lowest BCUT2D eigenvalue weighted by Gasteiger charge is -2.15. The number of aromatic nitrogens is 1. The average Bonchev–Trinajstić information content (AvgIpc) is 2.98. The third kappa shape index (κ3) is 4.51. The normalized spacial score (nSPS) is 10.4. The Hall–Kier alpha value is -1.46. The highest BCUT2D eigenvalue weighted by Crippen LogP contribution is 2.37. The molecule has 2 aromatic rings. The van der Waals surface area contributed by atoms with Gasteiger partial charge in [-0.15, -0.1) is 11.3 Å². The number of nitrogens with zero attached hydrogens (tertiary/aromatic N) is 1. The number of benzene rings is 1. The summed E-state index contributed by atoms with van der Waals surface area (Å²) in [5.74, 6) is 1.31. The SMILES string of the molecule is CCCOc1c(Cl)cc(CNc2nccs2)cc1OCC. The Balaban J connectivity index is 2.14. The molecule has 0 unspecified atom stereocenters. The number of rotatable bonds is 8. The maximum atomic E-state index is 6.32. The van der Waals surface area contributed by atoms with Crippen molar-refractivity contribution in [2.24, 2.45) is 0 Å². The van der Waals surface area contributed by atoms with E-state index in [1.54, 1.807) is 17.5 Å². The molecule has 0 spiro atoms. The highest BCUT2D eigenvalue weighted by Gasteiger charge is 2.12. The molecular weight excluding hydrogens is 308 g/mol. The van der Waals surface area contributed by atoms with Gasteiger partial charge in [-0.1, -0.05) is 18.5 Å². The van der Waals surface area contributed by atoms with Crippen molar-refractivity contribution < 1.29 is 9.47 Å². The van der Waals surface area contributed by atoms with Crippen LogP contribution in [-0.2, 0) is 6.54 Å². The molecular formula is C15H19ClN2O2S. The molecule has 0 radical (unpaired) electrons. The fourth-order valence-electron chi connectivity index (χ4n) is 1.82. The number of thiazole rings is 1. The van der Waals surface area contributed by atoms with Gasteiger partial charge in [-0.25, -0.2) is 4.98 Å². The van der Waals surface area contributed by atoms with E-state index < -0.39 is 0 Å². The highest BCUT2D eigenvalue weighted by atomic mass is 35.5. The van der Waals surface area contributed by atoms with Crippen molar-refractivity contribution in [2.75, 3.05) is 18.5 Å². The van der Waals surface area contributed by atoms with Crippen molar-refractivity contribution in [3.63, 3.8) is 0 Å². The predicted octanol–water partition coefficient (Wildman–Crippen LogP) is 4.60. The van der Waals surface area contributed by atoms with Crippen molar-refractivity contribution in [1.82, 2.24) is 4.98 Å². The van der Waals surface area contributed by atoms with Crippen molar-refractivity contribution in [1.29, 1.82) is 0 Å². The summed E-state index contributed by atoms with van der Waals surface area (Å²) in [6.45, 7) is 5.83. The summed E-state index contributed by atoms with van der Waals surface area (Å²) in [6, 6.07) is 3.86. The van der Waals surface area contributed by atoms with Gasteiger partial charge < -0.3 is 14.8 Å². The van der Waals surface area contributed by atoms with Crippen molar-refractivity contribution in [3.8, 4) is 11.5 Å². The minimum atomic E-state index is 0.572. The van der Waals surface area contributed by atoms with E-state index in [0.717, 1.165) is 17.1 Å². The zero-order chi connectivity index (χ0) is 15.1. The first-order valence-corrected chi connectivity index (χ1v) is 8.21. The number of anilines is 1. The molecule has 2 rings (SSSR count). The maximum absolute atomic E-state index is 6.32. The molecule has 0 aliphatic carbocycles. The van der Waals surface area contributed by atoms with E-state index in [9.17, 15) is 0 Å². The van der Waals surface area contributed by atoms with Gasteiger partial charge in [-0.05, 0) is 31.0 Å². The first-order chi connectivity index (χ1) is 10.2. The molecule has 0 saturated carbocycles. The molecule has 21 heavy (non-hydrogen) atoms. The Morgan fingerprint density at radius 3 is 2.81 bits per heavy atom. The number of ether oxygens (including phenoxy) is 2. The zero-order valence-electron chi connectivity index (χ0n) is 12.2. The van der Waals surface area contributed by atoms with Gasteiger partial charge in [0.25, 0.3) is 0 Å². The largest absolute Gasteiger partial charge is 0.490 e. The molecule has 1 aromatic carbocycles. The predicted molar refractivity (Wildman–Crippen MR) is 87.8 cm³/mol. The second-order valence-electron chi connectivity index (χ2n) is 4.38. The quantitative estimate of drug-likeness (QED) is 0.770. The second-order valence-corrected chi connectivity index (χ2v) is 5.68. The Kier molecular flexibility index (Phi) is 6.14. The van der Waals surface area contributed by atoms with Crippen molar-refractivity contribution in [3.05, 3.63) is 34.3 Å². The molecule has 0 amide bonds. The van der Waals surface area contributed by atoms with Crippen LogP contribution in [0.4, 0.5) is 5.13 Å². The fourth-order valence-corrected chi connectivity index (χ4v) is 2.63. The molecule has 1 aromatic heterocycles. The van der Waals surface area contributed by atoms with Crippen LogP contribution in [0.15, 0.2) is 23.7 Å². The van der Waals surface area contributed by atoms with Gasteiger partial charge in [0.1, 0.15) is 0 Å². The molecule has 0 aliphatic rings. The first kappa shape index (κ1) is 15.9. The Morgan fingerprint density at radius 2 is 2.14 bits per heavy atom. The Morgan fingerprint density at radius 1 is 1.29 bits per heavy atom. The van der Waals surface area contributed by atoms with Gasteiger partial charge in [0, 0.05) is 18.1 Å². The van der Waals surface area contributed by atoms with Gasteiger partial charge in [0.15, 0.2) is 16.6 Å². The fraction of sp³-hybridized carbons (Fsp3) is 0.400. The van der Waals surface area contributed by atoms with Crippen molar-refractivity contribution >= 4 is 28.1 Å². The third-order valence-electron chi connectivity index (χ3n) is 2.70. The summed E-state index contributed by atoms with van der Waals surface area (Å²) < 4.78 is 11.3. The Bertz CT molecular complexity index is 561. The average molecular weight is 327 g/mol. The highest BCUT2D eigenvalue weighted by molar-refractivity contribution is 7.13. The van der Waals surface area contributed by atoms with Gasteiger partial charge in [-0.2, -0.15) is 0 Å². The maximum Gasteiger partial charge on any atom is 0.182 e. The number of hydrogen-bond acceptors (Lipinski definition) is 5. The van der Waals surface area contributed by atoms with Crippen LogP contribution in [0.5, 0.6) is 11.5 Å². The summed E-state index contributed by atoms with van der Waals surface area (Å²) in [6.07, 6.45) is 2.70. The van der Waals surface area contributed by atoms with Crippen LogP contribution in [0.25, 0.3) is 0 Å². The first-order valence-electron chi connectivity index (χ1n) is 6.96. The smallest absolute Gasteiger partial charge is 0.182 e. The topological polar surface area (TPSA) is 43.4 Å². The van der Waals surface area contributed by atoms with Gasteiger partial charge in [0.2, 0.25) is 0 Å². The summed E-state index contributed by atoms with van der Waals surface area (Å²) in [5, 5.41) is 6.64. The second kappa shape index (κ2) is 8.10. The molecule has 4 nitrogen and oxygen atoms in total. The molecule has 0 aliphatic heterocycles. The lowest BCUT2D eigenvalue weighted by Crippen LogP contribution is -2.04. The summed E-state index contributed by atoms with van der Waals surface area (Å²) >= 11 is 7.88. The van der Waals surface area contributed by atoms with E-state index in [1.807, 2.05) is 24.4 Å². The lowest BCUT2D eigenvalue weighted by atomic mass is 10.2. The molecule has 0 atom stereocenters. The van der Waals surface area contributed by atoms with Crippen molar-refractivity contribution in [2.45, 2.75) is 26.8 Å². The van der Waals surface area contributed by atoms with Crippen LogP contribution in [0.2, 0.25) is 5.02 Å². The molecule has 1 N–H and O–H groups in total.